The third-order valence-corrected chi connectivity index (χ3v) is 6.42. The molecule has 1 aliphatic rings. The lowest BCUT2D eigenvalue weighted by molar-refractivity contribution is 0.157. The Morgan fingerprint density at radius 1 is 1.12 bits per heavy atom. The lowest BCUT2D eigenvalue weighted by Crippen LogP contribution is -2.62. The molecule has 5 heteroatoms. The molecule has 1 aromatic carbocycles. The van der Waals surface area contributed by atoms with Gasteiger partial charge >= 0.3 is 0 Å². The average Bonchev–Trinajstić information content (AvgIpc) is 2.42. The van der Waals surface area contributed by atoms with Crippen LogP contribution in [0.4, 0.5) is 0 Å². The molecule has 1 aromatic rings. The van der Waals surface area contributed by atoms with Gasteiger partial charge in [0.2, 0.25) is 10.0 Å². The average molecular weight is 353 g/mol. The SMILES string of the molecule is CCC(C)c1ccc(S(=O)(=O)NC2CC(C)(C)NC(C)(C)C2)cc1. The second-order valence-electron chi connectivity index (χ2n) is 8.50. The number of hydrogen-bond donors (Lipinski definition) is 2. The van der Waals surface area contributed by atoms with Gasteiger partial charge in [-0.25, -0.2) is 13.1 Å². The van der Waals surface area contributed by atoms with Crippen molar-refractivity contribution in [1.29, 1.82) is 0 Å². The van der Waals surface area contributed by atoms with E-state index in [0.717, 1.165) is 19.3 Å². The van der Waals surface area contributed by atoms with E-state index >= 15 is 0 Å². The lowest BCUT2D eigenvalue weighted by Gasteiger charge is -2.46. The number of sulfonamides is 1. The van der Waals surface area contributed by atoms with E-state index in [0.29, 0.717) is 10.8 Å². The summed E-state index contributed by atoms with van der Waals surface area (Å²) in [5.74, 6) is 0.445. The molecule has 1 heterocycles. The molecule has 1 atom stereocenters. The summed E-state index contributed by atoms with van der Waals surface area (Å²) in [6.07, 6.45) is 2.60. The molecule has 0 aromatic heterocycles. The van der Waals surface area contributed by atoms with Gasteiger partial charge in [0.15, 0.2) is 0 Å². The van der Waals surface area contributed by atoms with E-state index in [-0.39, 0.29) is 17.1 Å². The van der Waals surface area contributed by atoms with Crippen molar-refractivity contribution in [2.75, 3.05) is 0 Å². The van der Waals surface area contributed by atoms with Gasteiger partial charge in [0, 0.05) is 17.1 Å². The van der Waals surface area contributed by atoms with Crippen LogP contribution in [0.5, 0.6) is 0 Å². The van der Waals surface area contributed by atoms with E-state index in [4.69, 9.17) is 0 Å². The Bertz CT molecular complexity index is 647. The molecule has 2 N–H and O–H groups in total. The van der Waals surface area contributed by atoms with E-state index in [1.807, 2.05) is 12.1 Å². The number of nitrogens with one attached hydrogen (secondary N) is 2. The van der Waals surface area contributed by atoms with Crippen LogP contribution in [0.1, 0.15) is 72.3 Å². The van der Waals surface area contributed by atoms with Crippen molar-refractivity contribution in [3.63, 3.8) is 0 Å². The predicted molar refractivity (Wildman–Crippen MR) is 99.8 cm³/mol. The third-order valence-electron chi connectivity index (χ3n) is 4.88. The second-order valence-corrected chi connectivity index (χ2v) is 10.2. The predicted octanol–water partition coefficient (Wildman–Crippen LogP) is 3.79. The van der Waals surface area contributed by atoms with E-state index in [9.17, 15) is 8.42 Å². The zero-order chi connectivity index (χ0) is 18.2. The molecule has 0 bridgehead atoms. The Morgan fingerprint density at radius 2 is 1.62 bits per heavy atom. The summed E-state index contributed by atoms with van der Waals surface area (Å²) < 4.78 is 28.4. The second kappa shape index (κ2) is 6.77. The van der Waals surface area contributed by atoms with Gasteiger partial charge < -0.3 is 5.32 Å². The maximum atomic E-state index is 12.7. The first-order valence-corrected chi connectivity index (χ1v) is 10.3. The molecule has 1 fully saturated rings. The minimum absolute atomic E-state index is 0.0597. The molecule has 1 aliphatic heterocycles. The van der Waals surface area contributed by atoms with Gasteiger partial charge in [0.05, 0.1) is 4.90 Å². The van der Waals surface area contributed by atoms with Gasteiger partial charge in [-0.3, -0.25) is 0 Å². The van der Waals surface area contributed by atoms with Crippen molar-refractivity contribution >= 4 is 10.0 Å². The Labute approximate surface area is 147 Å². The summed E-state index contributed by atoms with van der Waals surface area (Å²) in [4.78, 5) is 0.351. The normalized spacial score (nSPS) is 22.2. The molecule has 1 saturated heterocycles. The molecule has 0 spiro atoms. The molecule has 0 saturated carbocycles. The summed E-state index contributed by atoms with van der Waals surface area (Å²) in [6, 6.07) is 7.25. The van der Waals surface area contributed by atoms with E-state index in [1.54, 1.807) is 12.1 Å². The van der Waals surface area contributed by atoms with Crippen LogP contribution in [-0.4, -0.2) is 25.5 Å². The van der Waals surface area contributed by atoms with Crippen molar-refractivity contribution < 1.29 is 8.42 Å². The molecule has 2 rings (SSSR count). The van der Waals surface area contributed by atoms with Gasteiger partial charge in [-0.1, -0.05) is 26.0 Å². The van der Waals surface area contributed by atoms with Gasteiger partial charge in [-0.05, 0) is 70.6 Å². The van der Waals surface area contributed by atoms with E-state index in [2.05, 4.69) is 51.6 Å². The maximum Gasteiger partial charge on any atom is 0.240 e. The van der Waals surface area contributed by atoms with E-state index in [1.165, 1.54) is 5.56 Å². The van der Waals surface area contributed by atoms with Crippen LogP contribution in [0.15, 0.2) is 29.2 Å². The lowest BCUT2D eigenvalue weighted by atomic mass is 9.80. The van der Waals surface area contributed by atoms with Crippen LogP contribution in [0.2, 0.25) is 0 Å². The smallest absolute Gasteiger partial charge is 0.240 e. The Balaban J connectivity index is 2.16. The zero-order valence-corrected chi connectivity index (χ0v) is 16.6. The minimum Gasteiger partial charge on any atom is -0.307 e. The summed E-state index contributed by atoms with van der Waals surface area (Å²) in [5.41, 5.74) is 1.01. The van der Waals surface area contributed by atoms with Crippen LogP contribution < -0.4 is 10.0 Å². The highest BCUT2D eigenvalue weighted by Gasteiger charge is 2.39. The van der Waals surface area contributed by atoms with Crippen LogP contribution in [0, 0.1) is 0 Å². The molecule has 136 valence electrons. The fourth-order valence-corrected chi connectivity index (χ4v) is 5.14. The van der Waals surface area contributed by atoms with Crippen molar-refractivity contribution in [1.82, 2.24) is 10.0 Å². The molecule has 1 unspecified atom stereocenters. The minimum atomic E-state index is -3.49. The molecule has 24 heavy (non-hydrogen) atoms. The van der Waals surface area contributed by atoms with Crippen molar-refractivity contribution in [2.45, 2.75) is 88.7 Å². The fraction of sp³-hybridized carbons (Fsp3) is 0.684. The molecule has 0 radical (unpaired) electrons. The fourth-order valence-electron chi connectivity index (χ4n) is 3.90. The van der Waals surface area contributed by atoms with E-state index < -0.39 is 10.0 Å². The van der Waals surface area contributed by atoms with Gasteiger partial charge in [-0.2, -0.15) is 0 Å². The van der Waals surface area contributed by atoms with Gasteiger partial charge in [-0.15, -0.1) is 0 Å². The summed E-state index contributed by atoms with van der Waals surface area (Å²) >= 11 is 0. The van der Waals surface area contributed by atoms with Crippen LogP contribution in [-0.2, 0) is 10.0 Å². The molecule has 0 aliphatic carbocycles. The highest BCUT2D eigenvalue weighted by atomic mass is 32.2. The number of piperidine rings is 1. The topological polar surface area (TPSA) is 58.2 Å². The van der Waals surface area contributed by atoms with Crippen molar-refractivity contribution in [2.24, 2.45) is 0 Å². The monoisotopic (exact) mass is 352 g/mol. The number of rotatable bonds is 5. The largest absolute Gasteiger partial charge is 0.307 e. The molecular formula is C19H32N2O2S. The highest BCUT2D eigenvalue weighted by Crippen LogP contribution is 2.29. The standard InChI is InChI=1S/C19H32N2O2S/c1-7-14(2)15-8-10-17(11-9-15)24(22,23)20-16-12-18(3,4)21-19(5,6)13-16/h8-11,14,16,20-21H,7,12-13H2,1-6H3. The third kappa shape index (κ3) is 4.80. The Kier molecular flexibility index (Phi) is 5.48. The van der Waals surface area contributed by atoms with Gasteiger partial charge in [0.1, 0.15) is 0 Å². The van der Waals surface area contributed by atoms with Crippen molar-refractivity contribution in [3.8, 4) is 0 Å². The Hall–Kier alpha value is -0.910. The van der Waals surface area contributed by atoms with Crippen LogP contribution >= 0.6 is 0 Å². The van der Waals surface area contributed by atoms with Crippen LogP contribution in [0.25, 0.3) is 0 Å². The van der Waals surface area contributed by atoms with Gasteiger partial charge in [0.25, 0.3) is 0 Å². The molecule has 4 nitrogen and oxygen atoms in total. The number of hydrogen-bond acceptors (Lipinski definition) is 3. The highest BCUT2D eigenvalue weighted by molar-refractivity contribution is 7.89. The molecular weight excluding hydrogens is 320 g/mol. The summed E-state index contributed by atoms with van der Waals surface area (Å²) in [6.45, 7) is 12.8. The first kappa shape index (κ1) is 19.4. The summed E-state index contributed by atoms with van der Waals surface area (Å²) in [5, 5.41) is 3.58. The first-order chi connectivity index (χ1) is 10.9. The quantitative estimate of drug-likeness (QED) is 0.848. The molecule has 0 amide bonds. The Morgan fingerprint density at radius 3 is 2.08 bits per heavy atom. The maximum absolute atomic E-state index is 12.7. The number of benzene rings is 1. The summed E-state index contributed by atoms with van der Waals surface area (Å²) in [7, 11) is -3.49. The first-order valence-electron chi connectivity index (χ1n) is 8.86. The van der Waals surface area contributed by atoms with Crippen LogP contribution in [0.3, 0.4) is 0 Å². The zero-order valence-electron chi connectivity index (χ0n) is 15.8. The van der Waals surface area contributed by atoms with Crippen molar-refractivity contribution in [3.05, 3.63) is 29.8 Å².